The lowest BCUT2D eigenvalue weighted by atomic mass is 10.2. The Hall–Kier alpha value is -2.68. The monoisotopic (exact) mass is 399 g/mol. The third-order valence-electron chi connectivity index (χ3n) is 3.49. The Morgan fingerprint density at radius 3 is 2.22 bits per heavy atom. The first-order chi connectivity index (χ1) is 12.8. The van der Waals surface area contributed by atoms with Gasteiger partial charge in [0.15, 0.2) is 0 Å². The highest BCUT2D eigenvalue weighted by Gasteiger charge is 2.26. The second-order valence-corrected chi connectivity index (χ2v) is 7.23. The molecule has 0 atom stereocenters. The third kappa shape index (κ3) is 4.94. The summed E-state index contributed by atoms with van der Waals surface area (Å²) in [6.07, 6.45) is 0. The zero-order chi connectivity index (χ0) is 20.0. The van der Waals surface area contributed by atoms with Crippen molar-refractivity contribution in [2.24, 2.45) is 0 Å². The Morgan fingerprint density at radius 1 is 1.04 bits per heavy atom. The Kier molecular flexibility index (Phi) is 6.73. The number of hydrogen-bond acceptors (Lipinski definition) is 5. The van der Waals surface area contributed by atoms with Crippen molar-refractivity contribution in [2.45, 2.75) is 24.5 Å². The summed E-state index contributed by atoms with van der Waals surface area (Å²) in [5.74, 6) is -3.10. The van der Waals surface area contributed by atoms with Crippen LogP contribution in [0.15, 0.2) is 47.4 Å². The van der Waals surface area contributed by atoms with Crippen LogP contribution in [0.2, 0.25) is 0 Å². The van der Waals surface area contributed by atoms with Crippen LogP contribution in [0.1, 0.15) is 24.2 Å². The van der Waals surface area contributed by atoms with Crippen LogP contribution >= 0.6 is 0 Å². The van der Waals surface area contributed by atoms with Crippen LogP contribution in [0.25, 0.3) is 0 Å². The molecule has 146 valence electrons. The lowest BCUT2D eigenvalue weighted by Crippen LogP contribution is -2.14. The number of hydrogen-bond donors (Lipinski definition) is 1. The molecule has 6 nitrogen and oxygen atoms in total. The molecule has 0 saturated heterocycles. The number of rotatable bonds is 8. The van der Waals surface area contributed by atoms with Gasteiger partial charge >= 0.3 is 5.76 Å². The lowest BCUT2D eigenvalue weighted by Gasteiger charge is -2.13. The van der Waals surface area contributed by atoms with E-state index >= 15 is 0 Å². The largest absolute Gasteiger partial charge is 0.494 e. The Bertz CT molecular complexity index is 898. The molecule has 0 aliphatic heterocycles. The van der Waals surface area contributed by atoms with Crippen LogP contribution in [-0.2, 0) is 9.84 Å². The van der Waals surface area contributed by atoms with E-state index in [1.807, 2.05) is 6.92 Å². The highest BCUT2D eigenvalue weighted by atomic mass is 32.2. The van der Waals surface area contributed by atoms with Crippen molar-refractivity contribution in [3.63, 3.8) is 0 Å². The second-order valence-electron chi connectivity index (χ2n) is 5.31. The molecule has 27 heavy (non-hydrogen) atoms. The van der Waals surface area contributed by atoms with Gasteiger partial charge in [0.25, 0.3) is 5.91 Å². The first-order valence-electron chi connectivity index (χ1n) is 8.12. The van der Waals surface area contributed by atoms with Crippen LogP contribution in [0, 0.1) is 0 Å². The average Bonchev–Trinajstić information content (AvgIpc) is 2.64. The van der Waals surface area contributed by atoms with Crippen molar-refractivity contribution in [3.8, 4) is 11.5 Å². The summed E-state index contributed by atoms with van der Waals surface area (Å²) < 4.78 is 58.9. The molecule has 0 bridgehead atoms. The smallest absolute Gasteiger partial charge is 0.341 e. The van der Waals surface area contributed by atoms with Gasteiger partial charge in [-0.15, -0.1) is 0 Å². The van der Waals surface area contributed by atoms with E-state index in [0.29, 0.717) is 30.4 Å². The minimum absolute atomic E-state index is 0.104. The zero-order valence-electron chi connectivity index (χ0n) is 14.7. The van der Waals surface area contributed by atoms with E-state index in [1.165, 1.54) is 0 Å². The summed E-state index contributed by atoms with van der Waals surface area (Å²) in [4.78, 5) is 11.9. The molecule has 2 aromatic carbocycles. The van der Waals surface area contributed by atoms with Gasteiger partial charge < -0.3 is 14.8 Å². The standard InChI is InChI=1S/C18H19F2NO5S/c1-3-25-13-7-10-16(26-4-2)15(11-13)21-17(22)12-5-8-14(9-6-12)27(23,24)18(19)20/h5-11,18H,3-4H2,1-2H3,(H,21,22). The van der Waals surface area contributed by atoms with Gasteiger partial charge in [0, 0.05) is 11.6 Å². The molecule has 0 radical (unpaired) electrons. The maximum absolute atomic E-state index is 12.6. The molecule has 0 saturated carbocycles. The molecule has 2 aromatic rings. The summed E-state index contributed by atoms with van der Waals surface area (Å²) in [5.41, 5.74) is 0.476. The fourth-order valence-electron chi connectivity index (χ4n) is 2.24. The summed E-state index contributed by atoms with van der Waals surface area (Å²) in [6.45, 7) is 4.45. The minimum atomic E-state index is -4.71. The van der Waals surface area contributed by atoms with Crippen LogP contribution < -0.4 is 14.8 Å². The number of carbonyl (C=O) groups excluding carboxylic acids is 1. The molecule has 0 aliphatic carbocycles. The van der Waals surface area contributed by atoms with Gasteiger partial charge in [0.2, 0.25) is 9.84 Å². The highest BCUT2D eigenvalue weighted by Crippen LogP contribution is 2.30. The van der Waals surface area contributed by atoms with E-state index in [0.717, 1.165) is 24.3 Å². The predicted molar refractivity (Wildman–Crippen MR) is 96.4 cm³/mol. The van der Waals surface area contributed by atoms with Gasteiger partial charge in [-0.2, -0.15) is 8.78 Å². The zero-order valence-corrected chi connectivity index (χ0v) is 15.6. The summed E-state index contributed by atoms with van der Waals surface area (Å²) in [7, 11) is -4.71. The number of sulfone groups is 1. The van der Waals surface area contributed by atoms with Crippen molar-refractivity contribution in [1.29, 1.82) is 0 Å². The van der Waals surface area contributed by atoms with Crippen LogP contribution in [0.4, 0.5) is 14.5 Å². The van der Waals surface area contributed by atoms with Crippen LogP contribution in [-0.4, -0.2) is 33.3 Å². The van der Waals surface area contributed by atoms with E-state index in [1.54, 1.807) is 25.1 Å². The normalized spacial score (nSPS) is 11.3. The van der Waals surface area contributed by atoms with Crippen molar-refractivity contribution in [2.75, 3.05) is 18.5 Å². The van der Waals surface area contributed by atoms with Crippen molar-refractivity contribution in [1.82, 2.24) is 0 Å². The summed E-state index contributed by atoms with van der Waals surface area (Å²) in [5, 5.41) is 2.65. The van der Waals surface area contributed by atoms with E-state index in [9.17, 15) is 22.0 Å². The maximum atomic E-state index is 12.6. The van der Waals surface area contributed by atoms with Gasteiger partial charge in [-0.1, -0.05) is 0 Å². The number of ether oxygens (including phenoxy) is 2. The molecule has 9 heteroatoms. The molecule has 0 aromatic heterocycles. The van der Waals surface area contributed by atoms with E-state index in [4.69, 9.17) is 9.47 Å². The van der Waals surface area contributed by atoms with E-state index in [-0.39, 0.29) is 5.56 Å². The molecular formula is C18H19F2NO5S. The van der Waals surface area contributed by atoms with Crippen LogP contribution in [0.3, 0.4) is 0 Å². The number of nitrogens with one attached hydrogen (secondary N) is 1. The molecule has 0 fully saturated rings. The Labute approximate surface area is 156 Å². The third-order valence-corrected chi connectivity index (χ3v) is 4.89. The molecule has 2 rings (SSSR count). The number of alkyl halides is 2. The quantitative estimate of drug-likeness (QED) is 0.731. The first kappa shape index (κ1) is 20.6. The number of carbonyl (C=O) groups is 1. The highest BCUT2D eigenvalue weighted by molar-refractivity contribution is 7.91. The number of amides is 1. The summed E-state index contributed by atoms with van der Waals surface area (Å²) >= 11 is 0. The molecular weight excluding hydrogens is 380 g/mol. The van der Waals surface area contributed by atoms with Gasteiger partial charge in [-0.05, 0) is 50.2 Å². The molecule has 1 amide bonds. The minimum Gasteiger partial charge on any atom is -0.494 e. The first-order valence-corrected chi connectivity index (χ1v) is 9.67. The molecule has 1 N–H and O–H groups in total. The Balaban J connectivity index is 2.25. The van der Waals surface area contributed by atoms with Gasteiger partial charge in [-0.25, -0.2) is 8.42 Å². The summed E-state index contributed by atoms with van der Waals surface area (Å²) in [6, 6.07) is 9.22. The molecule has 0 aliphatic rings. The van der Waals surface area contributed by atoms with Gasteiger partial charge in [0.05, 0.1) is 23.8 Å². The molecule has 0 spiro atoms. The number of halogens is 2. The average molecular weight is 399 g/mol. The van der Waals surface area contributed by atoms with Crippen molar-refractivity contribution >= 4 is 21.4 Å². The van der Waals surface area contributed by atoms with Crippen molar-refractivity contribution < 1.29 is 31.5 Å². The number of benzene rings is 2. The van der Waals surface area contributed by atoms with E-state index < -0.39 is 26.4 Å². The Morgan fingerprint density at radius 2 is 1.67 bits per heavy atom. The topological polar surface area (TPSA) is 81.7 Å². The van der Waals surface area contributed by atoms with E-state index in [2.05, 4.69) is 5.32 Å². The molecule has 0 unspecified atom stereocenters. The fraction of sp³-hybridized carbons (Fsp3) is 0.278. The predicted octanol–water partition coefficient (Wildman–Crippen LogP) is 3.73. The molecule has 0 heterocycles. The number of anilines is 1. The van der Waals surface area contributed by atoms with Crippen LogP contribution in [0.5, 0.6) is 11.5 Å². The lowest BCUT2D eigenvalue weighted by molar-refractivity contribution is 0.102. The van der Waals surface area contributed by atoms with Gasteiger partial charge in [0.1, 0.15) is 11.5 Å². The van der Waals surface area contributed by atoms with Crippen molar-refractivity contribution in [3.05, 3.63) is 48.0 Å². The maximum Gasteiger partial charge on any atom is 0.341 e. The van der Waals surface area contributed by atoms with Gasteiger partial charge in [-0.3, -0.25) is 4.79 Å². The fourth-order valence-corrected chi connectivity index (χ4v) is 2.96. The SMILES string of the molecule is CCOc1ccc(OCC)c(NC(=O)c2ccc(S(=O)(=O)C(F)F)cc2)c1. The second kappa shape index (κ2) is 8.81.